The number of β-amino-alcohol motifs (C(OH)–C–C–N with tert-alkyl or cyclic N) is 1. The predicted octanol–water partition coefficient (Wildman–Crippen LogP) is 4.83. The van der Waals surface area contributed by atoms with Gasteiger partial charge in [0, 0.05) is 54.4 Å². The molecule has 3 aliphatic rings. The number of aliphatic hydroxyl groups is 1. The van der Waals surface area contributed by atoms with Crippen LogP contribution >= 0.6 is 0 Å². The third-order valence-electron chi connectivity index (χ3n) is 9.39. The Kier molecular flexibility index (Phi) is 7.63. The molecule has 5 heterocycles. The molecule has 13 heteroatoms. The fraction of sp³-hybridized carbons (Fsp3) is 0.484. The first-order valence-electron chi connectivity index (χ1n) is 15.1. The maximum absolute atomic E-state index is 16.6. The number of aliphatic hydroxyl groups excluding tert-OH is 1. The molecule has 44 heavy (non-hydrogen) atoms. The minimum absolute atomic E-state index is 0.0108. The van der Waals surface area contributed by atoms with Gasteiger partial charge in [0.1, 0.15) is 17.0 Å². The molecule has 3 N–H and O–H groups in total. The number of nitrogens with two attached hydrogens (primary N) is 1. The number of hydrogen-bond acceptors (Lipinski definition) is 10. The standard InChI is InChI=1S/C31H34F3N7O3/c32-24-25(21-14-37-28(44-29(33)34)20-8-2-1-7-19(20)21)36-15-22-26(24)38-30(39-27(22)40-12-4-6-18(42)16-40)43-17-31-10-3-9-23(31)41(35)13-5-11-31/h1-2,7-8,14-15,18,23,29,42H,3-6,9-13,16-17,35H2/t18-,23?,31-/m1/s1. The molecule has 3 atom stereocenters. The molecule has 1 saturated carbocycles. The van der Waals surface area contributed by atoms with Crippen molar-refractivity contribution in [3.05, 3.63) is 42.5 Å². The second-order valence-electron chi connectivity index (χ2n) is 12.1. The molecular formula is C31H34F3N7O3. The van der Waals surface area contributed by atoms with Crippen LogP contribution in [-0.2, 0) is 0 Å². The van der Waals surface area contributed by atoms with Crippen molar-refractivity contribution in [2.75, 3.05) is 31.1 Å². The molecule has 1 aliphatic carbocycles. The number of hydrazine groups is 1. The lowest BCUT2D eigenvalue weighted by Crippen LogP contribution is -2.54. The molecule has 2 aliphatic heterocycles. The molecular weight excluding hydrogens is 575 g/mol. The first-order chi connectivity index (χ1) is 21.3. The summed E-state index contributed by atoms with van der Waals surface area (Å²) in [6.07, 6.45) is 8.66. The van der Waals surface area contributed by atoms with Gasteiger partial charge >= 0.3 is 12.6 Å². The number of nitrogens with zero attached hydrogens (tertiary/aromatic N) is 6. The van der Waals surface area contributed by atoms with Crippen LogP contribution in [-0.4, -0.2) is 75.0 Å². The van der Waals surface area contributed by atoms with E-state index < -0.39 is 18.5 Å². The fourth-order valence-corrected chi connectivity index (χ4v) is 7.34. The number of fused-ring (bicyclic) bond motifs is 3. The van der Waals surface area contributed by atoms with E-state index in [1.54, 1.807) is 24.3 Å². The van der Waals surface area contributed by atoms with E-state index in [4.69, 9.17) is 15.6 Å². The number of halogens is 3. The lowest BCUT2D eigenvalue weighted by Gasteiger charge is -2.44. The monoisotopic (exact) mass is 609 g/mol. The molecule has 0 spiro atoms. The van der Waals surface area contributed by atoms with Crippen LogP contribution < -0.4 is 20.2 Å². The van der Waals surface area contributed by atoms with E-state index in [0.29, 0.717) is 53.7 Å². The number of benzene rings is 1. The van der Waals surface area contributed by atoms with Crippen molar-refractivity contribution in [1.82, 2.24) is 24.9 Å². The first-order valence-corrected chi connectivity index (χ1v) is 15.1. The van der Waals surface area contributed by atoms with Crippen molar-refractivity contribution in [2.24, 2.45) is 11.3 Å². The van der Waals surface area contributed by atoms with Crippen LogP contribution in [0.1, 0.15) is 44.9 Å². The Hall–Kier alpha value is -3.81. The average molecular weight is 610 g/mol. The normalized spacial score (nSPS) is 24.3. The van der Waals surface area contributed by atoms with Crippen molar-refractivity contribution in [3.63, 3.8) is 0 Å². The average Bonchev–Trinajstić information content (AvgIpc) is 3.46. The minimum atomic E-state index is -3.06. The maximum Gasteiger partial charge on any atom is 0.388 e. The highest BCUT2D eigenvalue weighted by molar-refractivity contribution is 6.00. The smallest absolute Gasteiger partial charge is 0.388 e. The van der Waals surface area contributed by atoms with Crippen molar-refractivity contribution >= 4 is 27.5 Å². The van der Waals surface area contributed by atoms with E-state index >= 15 is 4.39 Å². The van der Waals surface area contributed by atoms with E-state index in [-0.39, 0.29) is 34.6 Å². The summed E-state index contributed by atoms with van der Waals surface area (Å²) in [5, 5.41) is 13.5. The molecule has 0 bridgehead atoms. The third-order valence-corrected chi connectivity index (χ3v) is 9.39. The van der Waals surface area contributed by atoms with E-state index in [0.717, 1.165) is 45.1 Å². The van der Waals surface area contributed by atoms with E-state index in [1.807, 2.05) is 9.91 Å². The van der Waals surface area contributed by atoms with Gasteiger partial charge < -0.3 is 19.5 Å². The summed E-state index contributed by atoms with van der Waals surface area (Å²) >= 11 is 0. The highest BCUT2D eigenvalue weighted by Gasteiger charge is 2.48. The van der Waals surface area contributed by atoms with Gasteiger partial charge in [-0.3, -0.25) is 10.8 Å². The van der Waals surface area contributed by atoms with Gasteiger partial charge in [0.15, 0.2) is 5.82 Å². The molecule has 3 aromatic heterocycles. The van der Waals surface area contributed by atoms with Gasteiger partial charge in [-0.2, -0.15) is 18.7 Å². The van der Waals surface area contributed by atoms with Gasteiger partial charge in [0.2, 0.25) is 5.88 Å². The van der Waals surface area contributed by atoms with Gasteiger partial charge in [0.05, 0.1) is 18.1 Å². The summed E-state index contributed by atoms with van der Waals surface area (Å²) < 4.78 is 53.6. The first kappa shape index (κ1) is 28.9. The molecule has 7 rings (SSSR count). The number of anilines is 1. The zero-order valence-corrected chi connectivity index (χ0v) is 24.1. The van der Waals surface area contributed by atoms with Crippen LogP contribution in [0.25, 0.3) is 32.9 Å². The van der Waals surface area contributed by atoms with E-state index in [1.165, 1.54) is 12.4 Å². The summed E-state index contributed by atoms with van der Waals surface area (Å²) in [6.45, 7) is -0.892. The van der Waals surface area contributed by atoms with Crippen molar-refractivity contribution in [2.45, 2.75) is 63.7 Å². The zero-order chi connectivity index (χ0) is 30.4. The van der Waals surface area contributed by atoms with Crippen molar-refractivity contribution in [1.29, 1.82) is 0 Å². The number of alkyl halides is 2. The van der Waals surface area contributed by atoms with Crippen LogP contribution in [0, 0.1) is 11.2 Å². The number of piperidine rings is 2. The van der Waals surface area contributed by atoms with Crippen LogP contribution in [0.4, 0.5) is 19.0 Å². The van der Waals surface area contributed by atoms with Crippen LogP contribution in [0.5, 0.6) is 11.9 Å². The Balaban J connectivity index is 1.32. The van der Waals surface area contributed by atoms with Gasteiger partial charge in [0.25, 0.3) is 0 Å². The van der Waals surface area contributed by atoms with E-state index in [2.05, 4.69) is 19.7 Å². The molecule has 1 unspecified atom stereocenters. The highest BCUT2D eigenvalue weighted by atomic mass is 19.3. The van der Waals surface area contributed by atoms with Crippen molar-refractivity contribution < 1.29 is 27.8 Å². The zero-order valence-electron chi connectivity index (χ0n) is 24.1. The third kappa shape index (κ3) is 5.16. The number of hydrogen-bond donors (Lipinski definition) is 2. The molecule has 1 aromatic carbocycles. The topological polar surface area (TPSA) is 123 Å². The van der Waals surface area contributed by atoms with E-state index in [9.17, 15) is 13.9 Å². The van der Waals surface area contributed by atoms with Crippen LogP contribution in [0.15, 0.2) is 36.7 Å². The summed E-state index contributed by atoms with van der Waals surface area (Å²) in [5.41, 5.74) is 0.147. The van der Waals surface area contributed by atoms with Gasteiger partial charge in [-0.15, -0.1) is 0 Å². The van der Waals surface area contributed by atoms with Gasteiger partial charge in [-0.25, -0.2) is 14.4 Å². The maximum atomic E-state index is 16.6. The quantitative estimate of drug-likeness (QED) is 0.282. The Morgan fingerprint density at radius 3 is 2.64 bits per heavy atom. The lowest BCUT2D eigenvalue weighted by atomic mass is 9.76. The van der Waals surface area contributed by atoms with Crippen LogP contribution in [0.3, 0.4) is 0 Å². The number of aromatic nitrogens is 4. The molecule has 2 saturated heterocycles. The summed E-state index contributed by atoms with van der Waals surface area (Å²) in [5.74, 6) is 5.82. The van der Waals surface area contributed by atoms with Gasteiger partial charge in [-0.05, 0) is 50.0 Å². The number of rotatable bonds is 7. The predicted molar refractivity (Wildman–Crippen MR) is 158 cm³/mol. The molecule has 4 aromatic rings. The lowest BCUT2D eigenvalue weighted by molar-refractivity contribution is -0.0517. The Morgan fingerprint density at radius 1 is 1.00 bits per heavy atom. The Bertz CT molecular complexity index is 1690. The van der Waals surface area contributed by atoms with Crippen LogP contribution in [0.2, 0.25) is 0 Å². The summed E-state index contributed by atoms with van der Waals surface area (Å²) in [6, 6.07) is 6.89. The molecule has 3 fully saturated rings. The van der Waals surface area contributed by atoms with Gasteiger partial charge in [-0.1, -0.05) is 24.6 Å². The molecule has 0 amide bonds. The number of pyridine rings is 2. The summed E-state index contributed by atoms with van der Waals surface area (Å²) in [7, 11) is 0. The molecule has 0 radical (unpaired) electrons. The Morgan fingerprint density at radius 2 is 1.82 bits per heavy atom. The fourth-order valence-electron chi connectivity index (χ4n) is 7.34. The second-order valence-corrected chi connectivity index (χ2v) is 12.1. The van der Waals surface area contributed by atoms with Crippen molar-refractivity contribution in [3.8, 4) is 23.1 Å². The molecule has 232 valence electrons. The number of ether oxygens (including phenoxy) is 2. The summed E-state index contributed by atoms with van der Waals surface area (Å²) in [4.78, 5) is 19.7. The second kappa shape index (κ2) is 11.6. The molecule has 10 nitrogen and oxygen atoms in total. The minimum Gasteiger partial charge on any atom is -0.463 e. The largest absolute Gasteiger partial charge is 0.463 e. The Labute approximate surface area is 252 Å². The highest BCUT2D eigenvalue weighted by Crippen LogP contribution is 2.47. The SMILES string of the molecule is NN1CCC[C@@]2(COc3nc(N4CCC[C@@H](O)C4)c4cnc(-c5cnc(OC(F)F)c6ccccc56)c(F)c4n3)CCCC12.